The molecule has 3 N–H and O–H groups in total. The third-order valence-corrected chi connectivity index (χ3v) is 3.06. The first-order chi connectivity index (χ1) is 8.88. The SMILES string of the molecule is CCC(C)CC(C)NC(=O)NCC(CC(=O)O)OC. The van der Waals surface area contributed by atoms with Gasteiger partial charge in [-0.2, -0.15) is 0 Å². The van der Waals surface area contributed by atoms with Crippen LogP contribution < -0.4 is 10.6 Å². The molecule has 0 aromatic carbocycles. The zero-order valence-corrected chi connectivity index (χ0v) is 12.2. The number of nitrogens with one attached hydrogen (secondary N) is 2. The van der Waals surface area contributed by atoms with E-state index in [1.54, 1.807) is 0 Å². The Bertz CT molecular complexity index is 284. The Morgan fingerprint density at radius 2 is 1.95 bits per heavy atom. The van der Waals surface area contributed by atoms with Crippen molar-refractivity contribution in [3.8, 4) is 0 Å². The van der Waals surface area contributed by atoms with Gasteiger partial charge < -0.3 is 20.5 Å². The van der Waals surface area contributed by atoms with Crippen molar-refractivity contribution in [3.63, 3.8) is 0 Å². The maximum Gasteiger partial charge on any atom is 0.315 e. The fourth-order valence-corrected chi connectivity index (χ4v) is 1.74. The van der Waals surface area contributed by atoms with E-state index in [2.05, 4.69) is 24.5 Å². The maximum absolute atomic E-state index is 11.6. The average molecular weight is 274 g/mol. The van der Waals surface area contributed by atoms with Gasteiger partial charge in [0.15, 0.2) is 0 Å². The molecule has 0 heterocycles. The summed E-state index contributed by atoms with van der Waals surface area (Å²) in [6, 6.07) is -0.196. The van der Waals surface area contributed by atoms with Gasteiger partial charge in [0.2, 0.25) is 0 Å². The molecule has 0 radical (unpaired) electrons. The van der Waals surface area contributed by atoms with Gasteiger partial charge in [-0.15, -0.1) is 0 Å². The van der Waals surface area contributed by atoms with Gasteiger partial charge in [-0.1, -0.05) is 20.3 Å². The third-order valence-electron chi connectivity index (χ3n) is 3.06. The molecule has 0 aliphatic carbocycles. The van der Waals surface area contributed by atoms with E-state index in [4.69, 9.17) is 9.84 Å². The van der Waals surface area contributed by atoms with E-state index in [1.807, 2.05) is 6.92 Å². The number of carboxylic acid groups (broad SMARTS) is 1. The molecule has 0 fully saturated rings. The Morgan fingerprint density at radius 3 is 2.42 bits per heavy atom. The van der Waals surface area contributed by atoms with Crippen LogP contribution in [-0.4, -0.2) is 42.9 Å². The van der Waals surface area contributed by atoms with Crippen LogP contribution in [0, 0.1) is 5.92 Å². The van der Waals surface area contributed by atoms with E-state index >= 15 is 0 Å². The van der Waals surface area contributed by atoms with Gasteiger partial charge in [0, 0.05) is 19.7 Å². The van der Waals surface area contributed by atoms with Crippen LogP contribution in [0.2, 0.25) is 0 Å². The van der Waals surface area contributed by atoms with Gasteiger partial charge in [0.1, 0.15) is 0 Å². The van der Waals surface area contributed by atoms with E-state index in [1.165, 1.54) is 7.11 Å². The molecule has 6 heteroatoms. The van der Waals surface area contributed by atoms with Crippen LogP contribution in [0.3, 0.4) is 0 Å². The molecule has 0 aromatic heterocycles. The van der Waals surface area contributed by atoms with Crippen molar-refractivity contribution in [2.75, 3.05) is 13.7 Å². The molecular formula is C13H26N2O4. The van der Waals surface area contributed by atoms with Gasteiger partial charge in [-0.05, 0) is 19.3 Å². The van der Waals surface area contributed by atoms with E-state index in [0.29, 0.717) is 5.92 Å². The minimum atomic E-state index is -0.945. The van der Waals surface area contributed by atoms with Crippen LogP contribution in [0.1, 0.15) is 40.0 Å². The van der Waals surface area contributed by atoms with Crippen LogP contribution in [0.25, 0.3) is 0 Å². The van der Waals surface area contributed by atoms with E-state index in [9.17, 15) is 9.59 Å². The van der Waals surface area contributed by atoms with Crippen LogP contribution >= 0.6 is 0 Å². The molecule has 2 amide bonds. The van der Waals surface area contributed by atoms with Crippen molar-refractivity contribution < 1.29 is 19.4 Å². The normalized spacial score (nSPS) is 15.4. The van der Waals surface area contributed by atoms with Gasteiger partial charge in [-0.3, -0.25) is 4.79 Å². The zero-order valence-electron chi connectivity index (χ0n) is 12.2. The molecule has 0 aliphatic heterocycles. The van der Waals surface area contributed by atoms with Crippen LogP contribution in [0.15, 0.2) is 0 Å². The number of carboxylic acids is 1. The number of aliphatic carboxylic acids is 1. The van der Waals surface area contributed by atoms with Crippen molar-refractivity contribution in [2.24, 2.45) is 5.92 Å². The summed E-state index contributed by atoms with van der Waals surface area (Å²) in [4.78, 5) is 22.1. The fraction of sp³-hybridized carbons (Fsp3) is 0.846. The summed E-state index contributed by atoms with van der Waals surface area (Å²) >= 11 is 0. The van der Waals surface area contributed by atoms with E-state index in [0.717, 1.165) is 12.8 Å². The molecule has 112 valence electrons. The van der Waals surface area contributed by atoms with Gasteiger partial charge in [0.25, 0.3) is 0 Å². The number of carbonyl (C=O) groups is 2. The number of hydrogen-bond donors (Lipinski definition) is 3. The summed E-state index contributed by atoms with van der Waals surface area (Å²) in [6.45, 7) is 6.40. The van der Waals surface area contributed by atoms with Gasteiger partial charge in [-0.25, -0.2) is 4.79 Å². The number of urea groups is 1. The quantitative estimate of drug-likeness (QED) is 0.596. The van der Waals surface area contributed by atoms with Gasteiger partial charge in [0.05, 0.1) is 12.5 Å². The molecule has 0 rings (SSSR count). The highest BCUT2D eigenvalue weighted by molar-refractivity contribution is 5.74. The summed E-state index contributed by atoms with van der Waals surface area (Å²) in [5.74, 6) is -0.381. The predicted octanol–water partition coefficient (Wildman–Crippen LogP) is 1.60. The minimum Gasteiger partial charge on any atom is -0.481 e. The number of ether oxygens (including phenoxy) is 1. The lowest BCUT2D eigenvalue weighted by Crippen LogP contribution is -2.44. The molecule has 0 spiro atoms. The van der Waals surface area contributed by atoms with Gasteiger partial charge >= 0.3 is 12.0 Å². The van der Waals surface area contributed by atoms with Crippen molar-refractivity contribution >= 4 is 12.0 Å². The van der Waals surface area contributed by atoms with Crippen molar-refractivity contribution in [3.05, 3.63) is 0 Å². The number of rotatable bonds is 9. The topological polar surface area (TPSA) is 87.7 Å². The second-order valence-corrected chi connectivity index (χ2v) is 4.96. The summed E-state index contributed by atoms with van der Waals surface area (Å²) in [5, 5.41) is 14.1. The van der Waals surface area contributed by atoms with Crippen molar-refractivity contribution in [1.29, 1.82) is 0 Å². The Balaban J connectivity index is 3.93. The third kappa shape index (κ3) is 9.30. The monoisotopic (exact) mass is 274 g/mol. The lowest BCUT2D eigenvalue weighted by molar-refractivity contribution is -0.139. The highest BCUT2D eigenvalue weighted by Gasteiger charge is 2.15. The van der Waals surface area contributed by atoms with Crippen LogP contribution in [0.4, 0.5) is 4.79 Å². The molecular weight excluding hydrogens is 248 g/mol. The standard InChI is InChI=1S/C13H26N2O4/c1-5-9(2)6-10(3)15-13(18)14-8-11(19-4)7-12(16)17/h9-11H,5-8H2,1-4H3,(H,16,17)(H2,14,15,18). The largest absolute Gasteiger partial charge is 0.481 e. The summed E-state index contributed by atoms with van der Waals surface area (Å²) < 4.78 is 4.98. The number of hydrogen-bond acceptors (Lipinski definition) is 3. The maximum atomic E-state index is 11.6. The second-order valence-electron chi connectivity index (χ2n) is 4.96. The first-order valence-corrected chi connectivity index (χ1v) is 6.67. The molecule has 19 heavy (non-hydrogen) atoms. The second kappa shape index (κ2) is 9.61. The van der Waals surface area contributed by atoms with Crippen LogP contribution in [-0.2, 0) is 9.53 Å². The Hall–Kier alpha value is -1.30. The molecule has 3 atom stereocenters. The molecule has 6 nitrogen and oxygen atoms in total. The fourth-order valence-electron chi connectivity index (χ4n) is 1.74. The summed E-state index contributed by atoms with van der Waals surface area (Å²) in [7, 11) is 1.43. The Kier molecular flexibility index (Phi) is 8.95. The lowest BCUT2D eigenvalue weighted by Gasteiger charge is -2.19. The average Bonchev–Trinajstić information content (AvgIpc) is 2.33. The molecule has 0 saturated carbocycles. The zero-order chi connectivity index (χ0) is 14.8. The minimum absolute atomic E-state index is 0.0930. The molecule has 0 saturated heterocycles. The molecule has 0 aliphatic rings. The summed E-state index contributed by atoms with van der Waals surface area (Å²) in [6.07, 6.45) is 1.37. The highest BCUT2D eigenvalue weighted by Crippen LogP contribution is 2.09. The van der Waals surface area contributed by atoms with Crippen LogP contribution in [0.5, 0.6) is 0 Å². The van der Waals surface area contributed by atoms with E-state index < -0.39 is 12.1 Å². The molecule has 0 aromatic rings. The van der Waals surface area contributed by atoms with E-state index in [-0.39, 0.29) is 25.0 Å². The number of carbonyl (C=O) groups excluding carboxylic acids is 1. The summed E-state index contributed by atoms with van der Waals surface area (Å²) in [5.41, 5.74) is 0. The predicted molar refractivity (Wildman–Crippen MR) is 73.1 cm³/mol. The number of amides is 2. The molecule has 3 unspecified atom stereocenters. The highest BCUT2D eigenvalue weighted by atomic mass is 16.5. The smallest absolute Gasteiger partial charge is 0.315 e. The van der Waals surface area contributed by atoms with Crippen molar-refractivity contribution in [1.82, 2.24) is 10.6 Å². The Labute approximate surface area is 114 Å². The first kappa shape index (κ1) is 17.7. The first-order valence-electron chi connectivity index (χ1n) is 6.67. The van der Waals surface area contributed by atoms with Crippen molar-refractivity contribution in [2.45, 2.75) is 52.2 Å². The lowest BCUT2D eigenvalue weighted by atomic mass is 10.0. The number of methoxy groups -OCH3 is 1. The Morgan fingerprint density at radius 1 is 1.32 bits per heavy atom. The molecule has 0 bridgehead atoms.